The quantitative estimate of drug-likeness (QED) is 0.874. The molecule has 1 unspecified atom stereocenters. The Morgan fingerprint density at radius 3 is 2.53 bits per heavy atom. The number of aromatic nitrogens is 2. The summed E-state index contributed by atoms with van der Waals surface area (Å²) in [6.45, 7) is 13.3. The third kappa shape index (κ3) is 3.58. The molecule has 0 bridgehead atoms. The number of nitrogens with one attached hydrogen (secondary N) is 1. The molecule has 4 nitrogen and oxygen atoms in total. The highest BCUT2D eigenvalue weighted by molar-refractivity contribution is 5.48. The Kier molecular flexibility index (Phi) is 4.32. The molecule has 17 heavy (non-hydrogen) atoms. The average molecular weight is 237 g/mol. The topological polar surface area (TPSA) is 47.0 Å². The number of hydrogen-bond acceptors (Lipinski definition) is 4. The summed E-state index contributed by atoms with van der Waals surface area (Å²) in [4.78, 5) is 8.40. The number of rotatable bonds is 4. The van der Waals surface area contributed by atoms with E-state index in [4.69, 9.17) is 4.74 Å². The normalized spacial score (nSPS) is 13.3. The highest BCUT2D eigenvalue weighted by atomic mass is 16.5. The minimum Gasteiger partial charge on any atom is -0.478 e. The summed E-state index contributed by atoms with van der Waals surface area (Å²) in [5.74, 6) is 1.51. The molecule has 0 spiro atoms. The fraction of sp³-hybridized carbons (Fsp3) is 0.692. The Morgan fingerprint density at radius 1 is 1.35 bits per heavy atom. The van der Waals surface area contributed by atoms with Crippen molar-refractivity contribution in [3.05, 3.63) is 11.9 Å². The van der Waals surface area contributed by atoms with Crippen LogP contribution in [-0.2, 0) is 0 Å². The summed E-state index contributed by atoms with van der Waals surface area (Å²) in [6.07, 6.45) is 1.54. The molecule has 0 amide bonds. The molecule has 1 N–H and O–H groups in total. The van der Waals surface area contributed by atoms with Gasteiger partial charge in [-0.15, -0.1) is 0 Å². The van der Waals surface area contributed by atoms with E-state index >= 15 is 0 Å². The fourth-order valence-electron chi connectivity index (χ4n) is 1.28. The van der Waals surface area contributed by atoms with Crippen molar-refractivity contribution in [1.29, 1.82) is 0 Å². The lowest BCUT2D eigenvalue weighted by molar-refractivity contribution is 0.323. The lowest BCUT2D eigenvalue weighted by Gasteiger charge is -2.29. The van der Waals surface area contributed by atoms with Gasteiger partial charge in [0.15, 0.2) is 0 Å². The van der Waals surface area contributed by atoms with E-state index in [2.05, 4.69) is 43.0 Å². The van der Waals surface area contributed by atoms with Crippen LogP contribution in [0.2, 0.25) is 0 Å². The van der Waals surface area contributed by atoms with Crippen molar-refractivity contribution in [3.63, 3.8) is 0 Å². The van der Waals surface area contributed by atoms with Gasteiger partial charge in [0.25, 0.3) is 0 Å². The van der Waals surface area contributed by atoms with Crippen molar-refractivity contribution in [2.75, 3.05) is 11.9 Å². The molecule has 0 aliphatic rings. The minimum absolute atomic E-state index is 0.184. The monoisotopic (exact) mass is 237 g/mol. The molecule has 0 aliphatic carbocycles. The van der Waals surface area contributed by atoms with E-state index < -0.39 is 0 Å². The van der Waals surface area contributed by atoms with Crippen LogP contribution in [0, 0.1) is 12.3 Å². The van der Waals surface area contributed by atoms with Gasteiger partial charge in [0.2, 0.25) is 5.88 Å². The van der Waals surface area contributed by atoms with E-state index in [1.807, 2.05) is 13.8 Å². The zero-order valence-corrected chi connectivity index (χ0v) is 11.7. The van der Waals surface area contributed by atoms with Crippen molar-refractivity contribution in [2.24, 2.45) is 5.41 Å². The van der Waals surface area contributed by atoms with Crippen LogP contribution in [0.25, 0.3) is 0 Å². The molecule has 0 fully saturated rings. The number of nitrogens with zero attached hydrogens (tertiary/aromatic N) is 2. The average Bonchev–Trinajstić information content (AvgIpc) is 2.22. The molecule has 0 saturated carbocycles. The van der Waals surface area contributed by atoms with E-state index in [1.54, 1.807) is 0 Å². The first-order valence-electron chi connectivity index (χ1n) is 6.07. The Bertz CT molecular complexity index is 371. The van der Waals surface area contributed by atoms with Crippen LogP contribution in [0.5, 0.6) is 5.88 Å². The number of ether oxygens (including phenoxy) is 1. The van der Waals surface area contributed by atoms with Gasteiger partial charge >= 0.3 is 0 Å². The minimum atomic E-state index is 0.184. The van der Waals surface area contributed by atoms with Gasteiger partial charge in [0.05, 0.1) is 12.2 Å². The molecule has 1 atom stereocenters. The highest BCUT2D eigenvalue weighted by Gasteiger charge is 2.21. The summed E-state index contributed by atoms with van der Waals surface area (Å²) >= 11 is 0. The summed E-state index contributed by atoms with van der Waals surface area (Å²) < 4.78 is 5.45. The second-order valence-electron chi connectivity index (χ2n) is 5.32. The van der Waals surface area contributed by atoms with Crippen LogP contribution in [0.3, 0.4) is 0 Å². The molecule has 0 radical (unpaired) electrons. The van der Waals surface area contributed by atoms with Crippen LogP contribution in [-0.4, -0.2) is 22.6 Å². The second-order valence-corrected chi connectivity index (χ2v) is 5.32. The fourth-order valence-corrected chi connectivity index (χ4v) is 1.28. The number of anilines is 1. The van der Waals surface area contributed by atoms with Gasteiger partial charge < -0.3 is 10.1 Å². The van der Waals surface area contributed by atoms with Crippen molar-refractivity contribution in [3.8, 4) is 5.88 Å². The first-order chi connectivity index (χ1) is 7.86. The third-order valence-corrected chi connectivity index (χ3v) is 2.97. The largest absolute Gasteiger partial charge is 0.478 e. The zero-order chi connectivity index (χ0) is 13.1. The van der Waals surface area contributed by atoms with Crippen molar-refractivity contribution < 1.29 is 4.74 Å². The molecular formula is C13H23N3O. The Balaban J connectivity index is 2.88. The molecule has 0 aliphatic heterocycles. The van der Waals surface area contributed by atoms with Crippen molar-refractivity contribution >= 4 is 5.82 Å². The first kappa shape index (κ1) is 13.7. The van der Waals surface area contributed by atoms with Gasteiger partial charge in [-0.3, -0.25) is 0 Å². The van der Waals surface area contributed by atoms with Gasteiger partial charge in [-0.25, -0.2) is 9.97 Å². The molecular weight excluding hydrogens is 214 g/mol. The molecule has 4 heteroatoms. The van der Waals surface area contributed by atoms with Crippen LogP contribution in [0.4, 0.5) is 5.82 Å². The van der Waals surface area contributed by atoms with Gasteiger partial charge in [-0.2, -0.15) is 0 Å². The van der Waals surface area contributed by atoms with Gasteiger partial charge in [-0.1, -0.05) is 20.8 Å². The maximum atomic E-state index is 5.45. The van der Waals surface area contributed by atoms with E-state index in [0.29, 0.717) is 18.5 Å². The summed E-state index contributed by atoms with van der Waals surface area (Å²) in [7, 11) is 0. The van der Waals surface area contributed by atoms with Gasteiger partial charge in [0.1, 0.15) is 12.1 Å². The third-order valence-electron chi connectivity index (χ3n) is 2.97. The first-order valence-corrected chi connectivity index (χ1v) is 6.07. The maximum absolute atomic E-state index is 5.45. The predicted octanol–water partition coefficient (Wildman–Crippen LogP) is 3.03. The molecule has 0 saturated heterocycles. The van der Waals surface area contributed by atoms with Crippen molar-refractivity contribution in [1.82, 2.24) is 9.97 Å². The van der Waals surface area contributed by atoms with E-state index in [1.165, 1.54) is 6.33 Å². The lowest BCUT2D eigenvalue weighted by atomic mass is 9.88. The number of hydrogen-bond donors (Lipinski definition) is 1. The standard InChI is InChI=1S/C13H23N3O/c1-7-17-12-9(2)11(14-8-15-12)16-10(3)13(4,5)6/h8,10H,7H2,1-6H3,(H,14,15,16). The van der Waals surface area contributed by atoms with Crippen LogP contribution >= 0.6 is 0 Å². The smallest absolute Gasteiger partial charge is 0.221 e. The summed E-state index contributed by atoms with van der Waals surface area (Å²) in [5.41, 5.74) is 1.15. The molecule has 1 rings (SSSR count). The highest BCUT2D eigenvalue weighted by Crippen LogP contribution is 2.26. The maximum Gasteiger partial charge on any atom is 0.221 e. The predicted molar refractivity (Wildman–Crippen MR) is 70.5 cm³/mol. The van der Waals surface area contributed by atoms with Crippen LogP contribution < -0.4 is 10.1 Å². The molecule has 1 aromatic rings. The Labute approximate surface area is 104 Å². The zero-order valence-electron chi connectivity index (χ0n) is 11.7. The Morgan fingerprint density at radius 2 is 2.00 bits per heavy atom. The van der Waals surface area contributed by atoms with E-state index in [0.717, 1.165) is 11.4 Å². The van der Waals surface area contributed by atoms with E-state index in [9.17, 15) is 0 Å². The Hall–Kier alpha value is -1.32. The van der Waals surface area contributed by atoms with E-state index in [-0.39, 0.29) is 5.41 Å². The van der Waals surface area contributed by atoms with Crippen molar-refractivity contribution in [2.45, 2.75) is 47.6 Å². The molecule has 0 aromatic carbocycles. The van der Waals surface area contributed by atoms with Gasteiger partial charge in [-0.05, 0) is 26.2 Å². The van der Waals surface area contributed by atoms with Gasteiger partial charge in [0, 0.05) is 6.04 Å². The SMILES string of the molecule is CCOc1ncnc(NC(C)C(C)(C)C)c1C. The van der Waals surface area contributed by atoms with Crippen LogP contribution in [0.15, 0.2) is 6.33 Å². The molecule has 1 aromatic heterocycles. The summed E-state index contributed by atoms with van der Waals surface area (Å²) in [6, 6.07) is 0.325. The molecule has 1 heterocycles. The molecule has 96 valence electrons. The summed E-state index contributed by atoms with van der Waals surface area (Å²) in [5, 5.41) is 3.42. The lowest BCUT2D eigenvalue weighted by Crippen LogP contribution is -2.31. The second kappa shape index (κ2) is 5.34. The van der Waals surface area contributed by atoms with Crippen LogP contribution in [0.1, 0.15) is 40.2 Å².